The number of thiophene rings is 2. The summed E-state index contributed by atoms with van der Waals surface area (Å²) in [4.78, 5) is 33.4. The molecule has 0 radical (unpaired) electrons. The van der Waals surface area contributed by atoms with E-state index in [4.69, 9.17) is 0 Å². The van der Waals surface area contributed by atoms with Crippen LogP contribution >= 0.6 is 34.4 Å². The van der Waals surface area contributed by atoms with Gasteiger partial charge in [0.05, 0.1) is 10.9 Å². The summed E-state index contributed by atoms with van der Waals surface area (Å²) in [6.45, 7) is 1.92. The molecule has 0 unspecified atom stereocenters. The zero-order chi connectivity index (χ0) is 20.5. The number of anilines is 1. The minimum atomic E-state index is -0.315. The Labute approximate surface area is 180 Å². The average molecular weight is 445 g/mol. The predicted molar refractivity (Wildman–Crippen MR) is 119 cm³/mol. The second kappa shape index (κ2) is 8.30. The molecule has 0 bridgehead atoms. The van der Waals surface area contributed by atoms with E-state index in [1.54, 1.807) is 0 Å². The SMILES string of the molecule is CCc1cc2c(=O)n(CC(=O)Nc3sc4c(c3C#N)CCCC4)c(SC)nc2s1. The first-order valence-corrected chi connectivity index (χ1v) is 12.3. The van der Waals surface area contributed by atoms with Crippen LogP contribution in [0.25, 0.3) is 10.2 Å². The highest BCUT2D eigenvalue weighted by molar-refractivity contribution is 7.98. The minimum Gasteiger partial charge on any atom is -0.315 e. The van der Waals surface area contributed by atoms with Crippen molar-refractivity contribution in [2.75, 3.05) is 11.6 Å². The van der Waals surface area contributed by atoms with E-state index in [2.05, 4.69) is 16.4 Å². The number of carbonyl (C=O) groups excluding carboxylic acids is 1. The van der Waals surface area contributed by atoms with Crippen molar-refractivity contribution in [3.63, 3.8) is 0 Å². The quantitative estimate of drug-likeness (QED) is 0.471. The molecule has 0 aromatic carbocycles. The number of hydrogen-bond acceptors (Lipinski definition) is 7. The van der Waals surface area contributed by atoms with Crippen molar-refractivity contribution in [3.05, 3.63) is 37.3 Å². The van der Waals surface area contributed by atoms with Crippen LogP contribution in [0.2, 0.25) is 0 Å². The highest BCUT2D eigenvalue weighted by Crippen LogP contribution is 2.37. The molecule has 1 aliphatic carbocycles. The van der Waals surface area contributed by atoms with Gasteiger partial charge >= 0.3 is 0 Å². The Morgan fingerprint density at radius 3 is 2.90 bits per heavy atom. The standard InChI is InChI=1S/C20H20N4O2S3/c1-3-11-8-13-17(28-11)23-20(27-2)24(19(13)26)10-16(25)22-18-14(9-21)12-6-4-5-7-15(12)29-18/h8H,3-7,10H2,1-2H3,(H,22,25). The van der Waals surface area contributed by atoms with Crippen molar-refractivity contribution in [1.29, 1.82) is 5.26 Å². The highest BCUT2D eigenvalue weighted by Gasteiger charge is 2.22. The van der Waals surface area contributed by atoms with Gasteiger partial charge in [-0.15, -0.1) is 22.7 Å². The van der Waals surface area contributed by atoms with Gasteiger partial charge in [0, 0.05) is 9.75 Å². The van der Waals surface area contributed by atoms with E-state index >= 15 is 0 Å². The number of nitrogens with zero attached hydrogens (tertiary/aromatic N) is 3. The van der Waals surface area contributed by atoms with Gasteiger partial charge in [-0.25, -0.2) is 4.98 Å². The van der Waals surface area contributed by atoms with Crippen LogP contribution in [0.5, 0.6) is 0 Å². The Balaban J connectivity index is 1.64. The molecule has 6 nitrogen and oxygen atoms in total. The van der Waals surface area contributed by atoms with Crippen LogP contribution < -0.4 is 10.9 Å². The average Bonchev–Trinajstić information content (AvgIpc) is 3.30. The van der Waals surface area contributed by atoms with Crippen LogP contribution in [0.15, 0.2) is 16.0 Å². The lowest BCUT2D eigenvalue weighted by Crippen LogP contribution is -2.29. The molecule has 150 valence electrons. The van der Waals surface area contributed by atoms with Crippen molar-refractivity contribution >= 4 is 55.6 Å². The first kappa shape index (κ1) is 20.1. The monoisotopic (exact) mass is 444 g/mol. The number of thioether (sulfide) groups is 1. The van der Waals surface area contributed by atoms with Crippen LogP contribution in [0.4, 0.5) is 5.00 Å². The van der Waals surface area contributed by atoms with E-state index in [0.29, 0.717) is 25.9 Å². The Bertz CT molecular complexity index is 1200. The fourth-order valence-electron chi connectivity index (χ4n) is 3.60. The molecule has 3 aromatic heterocycles. The number of nitrogens with one attached hydrogen (secondary N) is 1. The first-order chi connectivity index (χ1) is 14.0. The Morgan fingerprint density at radius 1 is 1.38 bits per heavy atom. The molecule has 29 heavy (non-hydrogen) atoms. The van der Waals surface area contributed by atoms with E-state index in [9.17, 15) is 14.9 Å². The van der Waals surface area contributed by atoms with Crippen molar-refractivity contribution in [2.45, 2.75) is 50.7 Å². The number of rotatable bonds is 5. The normalized spacial score (nSPS) is 13.3. The molecule has 1 N–H and O–H groups in total. The third-order valence-electron chi connectivity index (χ3n) is 5.04. The number of nitriles is 1. The van der Waals surface area contributed by atoms with Gasteiger partial charge < -0.3 is 5.32 Å². The maximum absolute atomic E-state index is 13.0. The molecule has 0 fully saturated rings. The summed E-state index contributed by atoms with van der Waals surface area (Å²) >= 11 is 4.35. The lowest BCUT2D eigenvalue weighted by molar-refractivity contribution is -0.116. The number of carbonyl (C=O) groups is 1. The van der Waals surface area contributed by atoms with Crippen LogP contribution in [0.3, 0.4) is 0 Å². The fraction of sp³-hybridized carbons (Fsp3) is 0.400. The lowest BCUT2D eigenvalue weighted by Gasteiger charge is -2.10. The summed E-state index contributed by atoms with van der Waals surface area (Å²) in [5.41, 5.74) is 1.46. The fourth-order valence-corrected chi connectivity index (χ4v) is 6.42. The Morgan fingerprint density at radius 2 is 2.17 bits per heavy atom. The van der Waals surface area contributed by atoms with Crippen molar-refractivity contribution in [1.82, 2.24) is 9.55 Å². The molecule has 9 heteroatoms. The smallest absolute Gasteiger partial charge is 0.263 e. The maximum atomic E-state index is 13.0. The van der Waals surface area contributed by atoms with Gasteiger partial charge in [0.1, 0.15) is 22.4 Å². The van der Waals surface area contributed by atoms with Gasteiger partial charge in [-0.3, -0.25) is 14.2 Å². The summed E-state index contributed by atoms with van der Waals surface area (Å²) in [5.74, 6) is -0.315. The number of fused-ring (bicyclic) bond motifs is 2. The minimum absolute atomic E-state index is 0.122. The topological polar surface area (TPSA) is 87.8 Å². The van der Waals surface area contributed by atoms with Gasteiger partial charge in [-0.2, -0.15) is 5.26 Å². The molecule has 0 saturated heterocycles. The summed E-state index contributed by atoms with van der Waals surface area (Å²) in [5, 5.41) is 14.1. The summed E-state index contributed by atoms with van der Waals surface area (Å²) in [6, 6.07) is 4.12. The zero-order valence-electron chi connectivity index (χ0n) is 16.2. The third kappa shape index (κ3) is 3.72. The van der Waals surface area contributed by atoms with E-state index in [1.165, 1.54) is 43.9 Å². The largest absolute Gasteiger partial charge is 0.315 e. The van der Waals surface area contributed by atoms with E-state index in [0.717, 1.165) is 42.5 Å². The molecule has 0 atom stereocenters. The number of aryl methyl sites for hydroxylation is 2. The molecule has 3 heterocycles. The Kier molecular flexibility index (Phi) is 5.76. The van der Waals surface area contributed by atoms with E-state index in [-0.39, 0.29) is 18.0 Å². The molecule has 0 aliphatic heterocycles. The zero-order valence-corrected chi connectivity index (χ0v) is 18.7. The lowest BCUT2D eigenvalue weighted by atomic mass is 9.96. The summed E-state index contributed by atoms with van der Waals surface area (Å²) < 4.78 is 1.42. The number of aromatic nitrogens is 2. The van der Waals surface area contributed by atoms with Crippen LogP contribution in [0, 0.1) is 11.3 Å². The molecule has 0 saturated carbocycles. The van der Waals surface area contributed by atoms with Gasteiger partial charge in [-0.1, -0.05) is 18.7 Å². The first-order valence-electron chi connectivity index (χ1n) is 9.47. The highest BCUT2D eigenvalue weighted by atomic mass is 32.2. The number of hydrogen-bond donors (Lipinski definition) is 1. The van der Waals surface area contributed by atoms with Crippen molar-refractivity contribution in [2.24, 2.45) is 0 Å². The van der Waals surface area contributed by atoms with Crippen LogP contribution in [-0.2, 0) is 30.6 Å². The molecule has 1 amide bonds. The van der Waals surface area contributed by atoms with Crippen LogP contribution in [0.1, 0.15) is 40.6 Å². The second-order valence-corrected chi connectivity index (χ2v) is 9.84. The summed E-state index contributed by atoms with van der Waals surface area (Å²) in [6.07, 6.45) is 6.72. The van der Waals surface area contributed by atoms with Gasteiger partial charge in [0.2, 0.25) is 5.91 Å². The van der Waals surface area contributed by atoms with E-state index in [1.807, 2.05) is 19.2 Å². The van der Waals surface area contributed by atoms with Crippen molar-refractivity contribution < 1.29 is 4.79 Å². The Hall–Kier alpha value is -2.15. The predicted octanol–water partition coefficient (Wildman–Crippen LogP) is 4.19. The number of amides is 1. The van der Waals surface area contributed by atoms with Crippen molar-refractivity contribution in [3.8, 4) is 6.07 Å². The molecular weight excluding hydrogens is 424 g/mol. The van der Waals surface area contributed by atoms with Crippen LogP contribution in [-0.4, -0.2) is 21.7 Å². The molecular formula is C20H20N4O2S3. The molecule has 3 aromatic rings. The molecule has 0 spiro atoms. The summed E-state index contributed by atoms with van der Waals surface area (Å²) in [7, 11) is 0. The third-order valence-corrected chi connectivity index (χ3v) is 8.09. The van der Waals surface area contributed by atoms with Gasteiger partial charge in [0.25, 0.3) is 5.56 Å². The molecule has 4 rings (SSSR count). The van der Waals surface area contributed by atoms with E-state index < -0.39 is 0 Å². The second-order valence-electron chi connectivity index (χ2n) is 6.85. The maximum Gasteiger partial charge on any atom is 0.263 e. The van der Waals surface area contributed by atoms with Gasteiger partial charge in [-0.05, 0) is 50.0 Å². The molecule has 1 aliphatic rings. The van der Waals surface area contributed by atoms with Gasteiger partial charge in [0.15, 0.2) is 5.16 Å².